The first-order chi connectivity index (χ1) is 13.4. The average Bonchev–Trinajstić information content (AvgIpc) is 2.88. The molecule has 0 N–H and O–H groups in total. The molecule has 0 aliphatic carbocycles. The SMILES string of the molecule is CCS(=O)(=O)COc1ccc(-c2cc(B3OC(C)(C)C(C)(C)O3)ccc2Cl)cc1. The maximum atomic E-state index is 11.6. The Balaban J connectivity index is 1.82. The largest absolute Gasteiger partial charge is 0.494 e. The highest BCUT2D eigenvalue weighted by Gasteiger charge is 2.51. The minimum atomic E-state index is -3.19. The van der Waals surface area contributed by atoms with E-state index in [0.29, 0.717) is 10.8 Å². The molecular formula is C21H26BClO5S. The second kappa shape index (κ2) is 7.95. The second-order valence-electron chi connectivity index (χ2n) is 8.15. The van der Waals surface area contributed by atoms with E-state index in [9.17, 15) is 8.42 Å². The van der Waals surface area contributed by atoms with Crippen LogP contribution in [0.2, 0.25) is 5.02 Å². The fraction of sp³-hybridized carbons (Fsp3) is 0.429. The van der Waals surface area contributed by atoms with Crippen molar-refractivity contribution in [2.75, 3.05) is 11.7 Å². The van der Waals surface area contributed by atoms with Gasteiger partial charge in [-0.3, -0.25) is 0 Å². The average molecular weight is 437 g/mol. The number of halogens is 1. The normalized spacial score (nSPS) is 18.1. The van der Waals surface area contributed by atoms with Crippen LogP contribution in [0.3, 0.4) is 0 Å². The zero-order chi connectivity index (χ0) is 21.4. The van der Waals surface area contributed by atoms with Crippen molar-refractivity contribution in [2.24, 2.45) is 0 Å². The van der Waals surface area contributed by atoms with Crippen LogP contribution in [-0.2, 0) is 19.1 Å². The zero-order valence-corrected chi connectivity index (χ0v) is 18.9. The summed E-state index contributed by atoms with van der Waals surface area (Å²) >= 11 is 6.44. The maximum absolute atomic E-state index is 11.6. The van der Waals surface area contributed by atoms with Gasteiger partial charge in [0.15, 0.2) is 15.8 Å². The van der Waals surface area contributed by atoms with Crippen LogP contribution in [-0.4, -0.2) is 38.4 Å². The van der Waals surface area contributed by atoms with Gasteiger partial charge in [0, 0.05) is 5.02 Å². The van der Waals surface area contributed by atoms with Gasteiger partial charge in [0.05, 0.1) is 17.0 Å². The highest BCUT2D eigenvalue weighted by atomic mass is 35.5. The lowest BCUT2D eigenvalue weighted by Gasteiger charge is -2.32. The van der Waals surface area contributed by atoms with Crippen LogP contribution in [0.25, 0.3) is 11.1 Å². The summed E-state index contributed by atoms with van der Waals surface area (Å²) in [6.45, 7) is 9.65. The molecule has 0 spiro atoms. The molecule has 0 bridgehead atoms. The Labute approximate surface area is 178 Å². The number of hydrogen-bond donors (Lipinski definition) is 0. The molecule has 1 fully saturated rings. The Morgan fingerprint density at radius 3 is 2.14 bits per heavy atom. The van der Waals surface area contributed by atoms with Crippen molar-refractivity contribution in [1.82, 2.24) is 0 Å². The minimum absolute atomic E-state index is 0.0480. The van der Waals surface area contributed by atoms with E-state index in [2.05, 4.69) is 0 Å². The first-order valence-corrected chi connectivity index (χ1v) is 11.7. The third-order valence-corrected chi connectivity index (χ3v) is 7.21. The van der Waals surface area contributed by atoms with Crippen molar-refractivity contribution < 1.29 is 22.5 Å². The van der Waals surface area contributed by atoms with Gasteiger partial charge in [-0.1, -0.05) is 42.8 Å². The molecule has 0 unspecified atom stereocenters. The van der Waals surface area contributed by atoms with E-state index in [0.717, 1.165) is 16.6 Å². The number of rotatable bonds is 6. The van der Waals surface area contributed by atoms with E-state index in [-0.39, 0.29) is 11.7 Å². The number of benzene rings is 2. The molecule has 1 heterocycles. The molecule has 2 aromatic rings. The molecule has 0 amide bonds. The van der Waals surface area contributed by atoms with Crippen LogP contribution < -0.4 is 10.2 Å². The Bertz CT molecular complexity index is 971. The Morgan fingerprint density at radius 2 is 1.59 bits per heavy atom. The molecule has 0 atom stereocenters. The minimum Gasteiger partial charge on any atom is -0.478 e. The summed E-state index contributed by atoms with van der Waals surface area (Å²) in [5.41, 5.74) is 1.77. The molecule has 2 aromatic carbocycles. The molecule has 0 saturated carbocycles. The van der Waals surface area contributed by atoms with E-state index >= 15 is 0 Å². The lowest BCUT2D eigenvalue weighted by atomic mass is 9.78. The van der Waals surface area contributed by atoms with E-state index in [1.54, 1.807) is 19.1 Å². The molecule has 0 aromatic heterocycles. The highest BCUT2D eigenvalue weighted by molar-refractivity contribution is 7.91. The van der Waals surface area contributed by atoms with E-state index in [1.807, 2.05) is 58.0 Å². The predicted molar refractivity (Wildman–Crippen MR) is 118 cm³/mol. The topological polar surface area (TPSA) is 61.8 Å². The molecule has 156 valence electrons. The van der Waals surface area contributed by atoms with Gasteiger partial charge in [-0.2, -0.15) is 0 Å². The summed E-state index contributed by atoms with van der Waals surface area (Å²) in [5.74, 6) is 0.206. The molecule has 1 aliphatic rings. The van der Waals surface area contributed by atoms with Gasteiger partial charge in [-0.15, -0.1) is 0 Å². The lowest BCUT2D eigenvalue weighted by molar-refractivity contribution is 0.00578. The lowest BCUT2D eigenvalue weighted by Crippen LogP contribution is -2.41. The van der Waals surface area contributed by atoms with Crippen LogP contribution in [0, 0.1) is 0 Å². The van der Waals surface area contributed by atoms with Gasteiger partial charge in [0.2, 0.25) is 0 Å². The van der Waals surface area contributed by atoms with Gasteiger partial charge >= 0.3 is 7.12 Å². The number of sulfone groups is 1. The molecule has 29 heavy (non-hydrogen) atoms. The monoisotopic (exact) mass is 436 g/mol. The van der Waals surface area contributed by atoms with Gasteiger partial charge in [0.1, 0.15) is 5.75 Å². The fourth-order valence-electron chi connectivity index (χ4n) is 2.86. The molecule has 0 radical (unpaired) electrons. The van der Waals surface area contributed by atoms with Crippen molar-refractivity contribution in [2.45, 2.75) is 45.8 Å². The Kier molecular flexibility index (Phi) is 6.07. The summed E-state index contributed by atoms with van der Waals surface area (Å²) in [6.07, 6.45) is 0. The van der Waals surface area contributed by atoms with E-state index in [4.69, 9.17) is 25.6 Å². The summed E-state index contributed by atoms with van der Waals surface area (Å²) in [5, 5.41) is 0.604. The molecule has 3 rings (SSSR count). The van der Waals surface area contributed by atoms with Crippen LogP contribution in [0.15, 0.2) is 42.5 Å². The maximum Gasteiger partial charge on any atom is 0.494 e. The van der Waals surface area contributed by atoms with E-state index in [1.165, 1.54) is 0 Å². The Morgan fingerprint density at radius 1 is 1.00 bits per heavy atom. The summed E-state index contributed by atoms with van der Waals surface area (Å²) < 4.78 is 40.8. The molecule has 1 saturated heterocycles. The van der Waals surface area contributed by atoms with Crippen molar-refractivity contribution in [3.8, 4) is 16.9 Å². The Hall–Kier alpha value is -1.54. The predicted octanol–water partition coefficient (Wildman–Crippen LogP) is 4.08. The highest BCUT2D eigenvalue weighted by Crippen LogP contribution is 2.37. The molecule has 1 aliphatic heterocycles. The van der Waals surface area contributed by atoms with Gasteiger partial charge in [-0.25, -0.2) is 8.42 Å². The number of ether oxygens (including phenoxy) is 1. The number of hydrogen-bond acceptors (Lipinski definition) is 5. The van der Waals surface area contributed by atoms with Crippen molar-refractivity contribution >= 4 is 34.0 Å². The van der Waals surface area contributed by atoms with E-state index < -0.39 is 28.2 Å². The first-order valence-electron chi connectivity index (χ1n) is 9.53. The summed E-state index contributed by atoms with van der Waals surface area (Å²) in [7, 11) is -3.67. The van der Waals surface area contributed by atoms with Crippen molar-refractivity contribution in [3.05, 3.63) is 47.5 Å². The van der Waals surface area contributed by atoms with Gasteiger partial charge < -0.3 is 14.0 Å². The van der Waals surface area contributed by atoms with Crippen LogP contribution >= 0.6 is 11.6 Å². The molecular weight excluding hydrogens is 411 g/mol. The van der Waals surface area contributed by atoms with Crippen molar-refractivity contribution in [1.29, 1.82) is 0 Å². The zero-order valence-electron chi connectivity index (χ0n) is 17.4. The van der Waals surface area contributed by atoms with Crippen molar-refractivity contribution in [3.63, 3.8) is 0 Å². The van der Waals surface area contributed by atoms with Crippen LogP contribution in [0.5, 0.6) is 5.75 Å². The third kappa shape index (κ3) is 4.80. The standard InChI is InChI=1S/C21H26BClO5S/c1-6-29(24,25)14-26-17-10-7-15(8-11-17)18-13-16(9-12-19(18)23)22-27-20(2,3)21(4,5)28-22/h7-13H,6,14H2,1-5H3. The molecule has 8 heteroatoms. The summed E-state index contributed by atoms with van der Waals surface area (Å²) in [6, 6.07) is 12.9. The van der Waals surface area contributed by atoms with Gasteiger partial charge in [0.25, 0.3) is 0 Å². The quantitative estimate of drug-likeness (QED) is 0.639. The fourth-order valence-corrected chi connectivity index (χ4v) is 3.57. The second-order valence-corrected chi connectivity index (χ2v) is 10.9. The van der Waals surface area contributed by atoms with Gasteiger partial charge in [-0.05, 0) is 62.5 Å². The first kappa shape index (κ1) is 22.2. The third-order valence-electron chi connectivity index (χ3n) is 5.53. The van der Waals surface area contributed by atoms with Crippen LogP contribution in [0.4, 0.5) is 0 Å². The summed E-state index contributed by atoms with van der Waals surface area (Å²) in [4.78, 5) is 0. The van der Waals surface area contributed by atoms with Crippen LogP contribution in [0.1, 0.15) is 34.6 Å². The molecule has 5 nitrogen and oxygen atoms in total. The smallest absolute Gasteiger partial charge is 0.478 e.